The summed E-state index contributed by atoms with van der Waals surface area (Å²) >= 11 is 0. The Morgan fingerprint density at radius 3 is 2.85 bits per heavy atom. The molecule has 0 fully saturated rings. The van der Waals surface area contributed by atoms with Crippen molar-refractivity contribution in [2.24, 2.45) is 0 Å². The van der Waals surface area contributed by atoms with Gasteiger partial charge in [-0.1, -0.05) is 30.3 Å². The third-order valence-electron chi connectivity index (χ3n) is 4.57. The zero-order chi connectivity index (χ0) is 18.1. The van der Waals surface area contributed by atoms with E-state index in [0.29, 0.717) is 11.6 Å². The molecule has 1 amide bonds. The van der Waals surface area contributed by atoms with Crippen molar-refractivity contribution in [3.05, 3.63) is 77.6 Å². The Bertz CT molecular complexity index is 969. The molecule has 0 bridgehead atoms. The first-order valence-electron chi connectivity index (χ1n) is 8.70. The van der Waals surface area contributed by atoms with E-state index in [2.05, 4.69) is 28.3 Å². The summed E-state index contributed by atoms with van der Waals surface area (Å²) in [6, 6.07) is 17.8. The van der Waals surface area contributed by atoms with Gasteiger partial charge in [0, 0.05) is 23.6 Å². The number of nitrogens with one attached hydrogen (secondary N) is 1. The third-order valence-corrected chi connectivity index (χ3v) is 4.57. The largest absolute Gasteiger partial charge is 0.324 e. The molecule has 1 aliphatic rings. The first-order chi connectivity index (χ1) is 12.6. The molecule has 5 nitrogen and oxygen atoms in total. The van der Waals surface area contributed by atoms with Crippen LogP contribution in [0.3, 0.4) is 0 Å². The van der Waals surface area contributed by atoms with Gasteiger partial charge in [0.1, 0.15) is 5.69 Å². The second kappa shape index (κ2) is 6.59. The maximum Gasteiger partial charge on any atom is 0.277 e. The molecule has 1 atom stereocenters. The molecule has 130 valence electrons. The summed E-state index contributed by atoms with van der Waals surface area (Å²) in [5.74, 6) is 0.318. The number of amides is 1. The average Bonchev–Trinajstić information content (AvgIpc) is 2.97. The van der Waals surface area contributed by atoms with Gasteiger partial charge in [-0.3, -0.25) is 4.79 Å². The van der Waals surface area contributed by atoms with E-state index >= 15 is 0 Å². The molecule has 4 rings (SSSR count). The predicted molar refractivity (Wildman–Crippen MR) is 103 cm³/mol. The number of aryl methyl sites for hydroxylation is 1. The van der Waals surface area contributed by atoms with Crippen molar-refractivity contribution in [2.75, 3.05) is 10.2 Å². The highest BCUT2D eigenvalue weighted by molar-refractivity contribution is 6.06. The van der Waals surface area contributed by atoms with E-state index < -0.39 is 0 Å². The van der Waals surface area contributed by atoms with Crippen molar-refractivity contribution in [3.8, 4) is 0 Å². The minimum atomic E-state index is -0.0999. The quantitative estimate of drug-likeness (QED) is 0.776. The monoisotopic (exact) mass is 344 g/mol. The number of carbonyl (C=O) groups excluding carboxylic acids is 1. The maximum absolute atomic E-state index is 13.1. The molecule has 0 aliphatic carbocycles. The fourth-order valence-corrected chi connectivity index (χ4v) is 3.39. The topological polar surface area (TPSA) is 58.1 Å². The van der Waals surface area contributed by atoms with Crippen molar-refractivity contribution in [3.63, 3.8) is 0 Å². The second-order valence-corrected chi connectivity index (χ2v) is 6.62. The van der Waals surface area contributed by atoms with E-state index in [1.807, 2.05) is 54.3 Å². The number of benzene rings is 2. The Morgan fingerprint density at radius 1 is 1.15 bits per heavy atom. The Morgan fingerprint density at radius 2 is 2.00 bits per heavy atom. The Hall–Kier alpha value is -3.21. The molecule has 2 heterocycles. The number of fused-ring (bicyclic) bond motifs is 1. The molecule has 0 spiro atoms. The number of carbonyl (C=O) groups is 1. The summed E-state index contributed by atoms with van der Waals surface area (Å²) in [7, 11) is 0. The molecule has 0 saturated heterocycles. The van der Waals surface area contributed by atoms with E-state index in [9.17, 15) is 4.79 Å². The third kappa shape index (κ3) is 3.04. The smallest absolute Gasteiger partial charge is 0.277 e. The number of rotatable bonds is 3. The van der Waals surface area contributed by atoms with Gasteiger partial charge in [0.15, 0.2) is 0 Å². The van der Waals surface area contributed by atoms with Crippen molar-refractivity contribution >= 4 is 23.2 Å². The lowest BCUT2D eigenvalue weighted by Crippen LogP contribution is -2.36. The fraction of sp³-hybridized carbons (Fsp3) is 0.190. The first kappa shape index (κ1) is 16.3. The molecule has 26 heavy (non-hydrogen) atoms. The van der Waals surface area contributed by atoms with E-state index in [1.165, 1.54) is 5.56 Å². The molecule has 1 unspecified atom stereocenters. The summed E-state index contributed by atoms with van der Waals surface area (Å²) in [5.41, 5.74) is 4.59. The first-order valence-corrected chi connectivity index (χ1v) is 8.70. The Labute approximate surface area is 152 Å². The van der Waals surface area contributed by atoms with Crippen LogP contribution in [0.2, 0.25) is 0 Å². The number of anilines is 3. The van der Waals surface area contributed by atoms with Crippen LogP contribution in [0.5, 0.6) is 0 Å². The number of aromatic nitrogens is 2. The zero-order valence-electron chi connectivity index (χ0n) is 14.8. The van der Waals surface area contributed by atoms with Crippen LogP contribution in [0, 0.1) is 6.92 Å². The standard InChI is InChI=1S/C21H20N4O/c1-14-6-5-8-17(12-14)23-21-22-11-10-18(24-21)20(26)25-15(2)13-16-7-3-4-9-19(16)25/h3-12,15H,13H2,1-2H3,(H,22,23,24). The van der Waals surface area contributed by atoms with Gasteiger partial charge in [-0.2, -0.15) is 0 Å². The molecule has 1 aromatic heterocycles. The number of para-hydroxylation sites is 1. The van der Waals surface area contributed by atoms with E-state index in [4.69, 9.17) is 0 Å². The van der Waals surface area contributed by atoms with Crippen molar-refractivity contribution in [1.82, 2.24) is 9.97 Å². The van der Waals surface area contributed by atoms with E-state index in [0.717, 1.165) is 23.4 Å². The molecule has 5 heteroatoms. The molecule has 0 radical (unpaired) electrons. The van der Waals surface area contributed by atoms with Crippen LogP contribution in [0.1, 0.15) is 28.5 Å². The lowest BCUT2D eigenvalue weighted by Gasteiger charge is -2.22. The van der Waals surface area contributed by atoms with Gasteiger partial charge < -0.3 is 10.2 Å². The SMILES string of the molecule is Cc1cccc(Nc2nccc(C(=O)N3c4ccccc4CC3C)n2)c1. The van der Waals surface area contributed by atoms with Crippen LogP contribution < -0.4 is 10.2 Å². The normalized spacial score (nSPS) is 15.6. The highest BCUT2D eigenvalue weighted by Gasteiger charge is 2.31. The van der Waals surface area contributed by atoms with Crippen molar-refractivity contribution in [2.45, 2.75) is 26.3 Å². The second-order valence-electron chi connectivity index (χ2n) is 6.62. The number of hydrogen-bond donors (Lipinski definition) is 1. The van der Waals surface area contributed by atoms with Crippen molar-refractivity contribution < 1.29 is 4.79 Å². The van der Waals surface area contributed by atoms with Gasteiger partial charge in [0.2, 0.25) is 5.95 Å². The van der Waals surface area contributed by atoms with Crippen LogP contribution in [-0.2, 0) is 6.42 Å². The molecule has 2 aromatic carbocycles. The molecule has 3 aromatic rings. The molecular weight excluding hydrogens is 324 g/mol. The lowest BCUT2D eigenvalue weighted by molar-refractivity contribution is 0.0976. The number of nitrogens with zero attached hydrogens (tertiary/aromatic N) is 3. The Kier molecular flexibility index (Phi) is 4.13. The minimum absolute atomic E-state index is 0.0999. The summed E-state index contributed by atoms with van der Waals surface area (Å²) in [6.07, 6.45) is 2.48. The predicted octanol–water partition coefficient (Wildman–Crippen LogP) is 4.12. The maximum atomic E-state index is 13.1. The number of hydrogen-bond acceptors (Lipinski definition) is 4. The van der Waals surface area contributed by atoms with Crippen LogP contribution >= 0.6 is 0 Å². The molecular formula is C21H20N4O. The molecule has 1 N–H and O–H groups in total. The Balaban J connectivity index is 1.61. The summed E-state index contributed by atoms with van der Waals surface area (Å²) < 4.78 is 0. The van der Waals surface area contributed by atoms with Gasteiger partial charge in [0.05, 0.1) is 0 Å². The van der Waals surface area contributed by atoms with Crippen LogP contribution in [0.25, 0.3) is 0 Å². The van der Waals surface area contributed by atoms with Crippen LogP contribution in [0.15, 0.2) is 60.8 Å². The highest BCUT2D eigenvalue weighted by Crippen LogP contribution is 2.32. The van der Waals surface area contributed by atoms with Gasteiger partial charge in [0.25, 0.3) is 5.91 Å². The molecule has 1 aliphatic heterocycles. The van der Waals surface area contributed by atoms with Crippen molar-refractivity contribution in [1.29, 1.82) is 0 Å². The molecule has 0 saturated carbocycles. The van der Waals surface area contributed by atoms with Gasteiger partial charge in [-0.15, -0.1) is 0 Å². The highest BCUT2D eigenvalue weighted by atomic mass is 16.2. The zero-order valence-corrected chi connectivity index (χ0v) is 14.8. The average molecular weight is 344 g/mol. The van der Waals surface area contributed by atoms with Gasteiger partial charge in [-0.25, -0.2) is 9.97 Å². The van der Waals surface area contributed by atoms with E-state index in [1.54, 1.807) is 12.3 Å². The van der Waals surface area contributed by atoms with E-state index in [-0.39, 0.29) is 11.9 Å². The van der Waals surface area contributed by atoms with Crippen LogP contribution in [-0.4, -0.2) is 21.9 Å². The summed E-state index contributed by atoms with van der Waals surface area (Å²) in [5, 5.41) is 3.17. The van der Waals surface area contributed by atoms with Crippen LogP contribution in [0.4, 0.5) is 17.3 Å². The van der Waals surface area contributed by atoms with Gasteiger partial charge in [-0.05, 0) is 55.7 Å². The summed E-state index contributed by atoms with van der Waals surface area (Å²) in [4.78, 5) is 23.6. The van der Waals surface area contributed by atoms with Gasteiger partial charge >= 0.3 is 0 Å². The lowest BCUT2D eigenvalue weighted by atomic mass is 10.1. The minimum Gasteiger partial charge on any atom is -0.324 e. The fourth-order valence-electron chi connectivity index (χ4n) is 3.39. The summed E-state index contributed by atoms with van der Waals surface area (Å²) in [6.45, 7) is 4.09.